The van der Waals surface area contributed by atoms with Crippen LogP contribution in [0.5, 0.6) is 11.5 Å². The second kappa shape index (κ2) is 8.90. The summed E-state index contributed by atoms with van der Waals surface area (Å²) in [7, 11) is 0. The Morgan fingerprint density at radius 1 is 1.06 bits per heavy atom. The van der Waals surface area contributed by atoms with Gasteiger partial charge >= 0.3 is 0 Å². The molecular formula is C28H41NO4. The van der Waals surface area contributed by atoms with E-state index in [9.17, 15) is 10.2 Å². The Morgan fingerprint density at radius 3 is 2.70 bits per heavy atom. The van der Waals surface area contributed by atoms with E-state index in [0.717, 1.165) is 56.7 Å². The number of nitrogens with one attached hydrogen (secondary N) is 1. The third-order valence-corrected chi connectivity index (χ3v) is 9.93. The maximum Gasteiger partial charge on any atom is 0.231 e. The molecule has 4 aliphatic rings. The van der Waals surface area contributed by atoms with E-state index in [-0.39, 0.29) is 16.9 Å². The number of aliphatic hydroxyl groups excluding tert-OH is 2. The number of benzene rings is 1. The van der Waals surface area contributed by atoms with E-state index < -0.39 is 6.10 Å². The number of rotatable bonds is 6. The minimum Gasteiger partial charge on any atom is -0.454 e. The highest BCUT2D eigenvalue weighted by atomic mass is 16.7. The fourth-order valence-corrected chi connectivity index (χ4v) is 7.69. The highest BCUT2D eigenvalue weighted by Crippen LogP contribution is 2.63. The van der Waals surface area contributed by atoms with Gasteiger partial charge in [-0.25, -0.2) is 0 Å². The van der Waals surface area contributed by atoms with Crippen molar-refractivity contribution in [1.29, 1.82) is 0 Å². The molecule has 1 aromatic carbocycles. The van der Waals surface area contributed by atoms with Crippen molar-refractivity contribution >= 4 is 0 Å². The van der Waals surface area contributed by atoms with Crippen molar-refractivity contribution in [2.45, 2.75) is 84.0 Å². The van der Waals surface area contributed by atoms with E-state index in [1.54, 1.807) is 0 Å². The van der Waals surface area contributed by atoms with Crippen molar-refractivity contribution in [2.75, 3.05) is 13.3 Å². The topological polar surface area (TPSA) is 71.0 Å². The molecule has 3 saturated carbocycles. The first kappa shape index (κ1) is 23.2. The number of hydrogen-bond acceptors (Lipinski definition) is 5. The zero-order valence-electron chi connectivity index (χ0n) is 20.3. The van der Waals surface area contributed by atoms with Gasteiger partial charge in [0, 0.05) is 6.54 Å². The van der Waals surface area contributed by atoms with Crippen molar-refractivity contribution in [3.63, 3.8) is 0 Å². The Hall–Kier alpha value is -1.56. The minimum absolute atomic E-state index is 0.105. The molecule has 1 aliphatic heterocycles. The molecule has 1 aromatic rings. The molecule has 0 unspecified atom stereocenters. The zero-order chi connectivity index (χ0) is 23.2. The van der Waals surface area contributed by atoms with Gasteiger partial charge in [-0.1, -0.05) is 32.1 Å². The Balaban J connectivity index is 1.28. The Bertz CT molecular complexity index is 887. The van der Waals surface area contributed by atoms with Gasteiger partial charge in [-0.05, 0) is 104 Å². The largest absolute Gasteiger partial charge is 0.454 e. The number of aliphatic hydroxyl groups is 2. The van der Waals surface area contributed by atoms with Crippen molar-refractivity contribution in [2.24, 2.45) is 28.6 Å². The molecule has 33 heavy (non-hydrogen) atoms. The summed E-state index contributed by atoms with van der Waals surface area (Å²) >= 11 is 0. The van der Waals surface area contributed by atoms with Gasteiger partial charge in [-0.2, -0.15) is 0 Å². The first-order chi connectivity index (χ1) is 15.8. The van der Waals surface area contributed by atoms with E-state index in [2.05, 4.69) is 37.9 Å². The molecule has 5 heteroatoms. The maximum atomic E-state index is 11.1. The molecule has 0 amide bonds. The molecule has 182 valence electrons. The smallest absolute Gasteiger partial charge is 0.231 e. The Labute approximate surface area is 198 Å². The molecule has 0 spiro atoms. The van der Waals surface area contributed by atoms with E-state index in [4.69, 9.17) is 9.47 Å². The van der Waals surface area contributed by atoms with Gasteiger partial charge in [0.05, 0.1) is 12.2 Å². The first-order valence-corrected chi connectivity index (χ1v) is 12.9. The number of hydrogen-bond donors (Lipinski definition) is 3. The SMILES string of the molecule is C=C1CC[C@H]2[C@H](CCNCc3ccc4c(c3)OCO4)[C@@H]([C@@]3(C)CC[C@H](O)C[C@@H]3O)CC[C@]12C. The molecule has 5 rings (SSSR count). The Kier molecular flexibility index (Phi) is 6.26. The standard InChI is InChI=1S/C28H41NO4/c1-18-4-6-22-21(10-13-29-16-19-5-7-24-25(14-19)33-17-32-24)23(9-12-27(18,22)2)28(3)11-8-20(30)15-26(28)31/h5,7,14,20-23,26,29-31H,1,4,6,8-13,15-17H2,2-3H3/t20-,21-,22-,23-,26-,27+,28+/m0/s1. The lowest BCUT2D eigenvalue weighted by Gasteiger charge is -2.55. The molecule has 0 aromatic heterocycles. The summed E-state index contributed by atoms with van der Waals surface area (Å²) < 4.78 is 10.9. The first-order valence-electron chi connectivity index (χ1n) is 12.9. The highest BCUT2D eigenvalue weighted by Gasteiger charge is 2.56. The number of ether oxygens (including phenoxy) is 2. The van der Waals surface area contributed by atoms with Gasteiger partial charge in [-0.15, -0.1) is 0 Å². The quantitative estimate of drug-likeness (QED) is 0.424. The van der Waals surface area contributed by atoms with Crippen molar-refractivity contribution in [3.8, 4) is 11.5 Å². The van der Waals surface area contributed by atoms with Gasteiger partial charge in [0.2, 0.25) is 6.79 Å². The third-order valence-electron chi connectivity index (χ3n) is 9.93. The van der Waals surface area contributed by atoms with Gasteiger partial charge < -0.3 is 25.0 Å². The summed E-state index contributed by atoms with van der Waals surface area (Å²) in [6.07, 6.45) is 7.33. The minimum atomic E-state index is -0.413. The van der Waals surface area contributed by atoms with E-state index in [0.29, 0.717) is 31.0 Å². The predicted molar refractivity (Wildman–Crippen MR) is 129 cm³/mol. The fraction of sp³-hybridized carbons (Fsp3) is 0.714. The molecule has 1 heterocycles. The van der Waals surface area contributed by atoms with E-state index in [1.807, 2.05) is 6.07 Å². The van der Waals surface area contributed by atoms with Crippen LogP contribution >= 0.6 is 0 Å². The molecule has 3 fully saturated rings. The van der Waals surface area contributed by atoms with E-state index in [1.165, 1.54) is 24.0 Å². The van der Waals surface area contributed by atoms with Crippen LogP contribution in [0.15, 0.2) is 30.4 Å². The second-order valence-corrected chi connectivity index (χ2v) is 11.6. The molecule has 3 N–H and O–H groups in total. The Morgan fingerprint density at radius 2 is 1.88 bits per heavy atom. The average molecular weight is 456 g/mol. The van der Waals surface area contributed by atoms with Crippen LogP contribution in [0.4, 0.5) is 0 Å². The maximum absolute atomic E-state index is 11.1. The van der Waals surface area contributed by atoms with Crippen LogP contribution in [-0.2, 0) is 6.54 Å². The molecule has 5 nitrogen and oxygen atoms in total. The van der Waals surface area contributed by atoms with Crippen LogP contribution in [0.2, 0.25) is 0 Å². The fourth-order valence-electron chi connectivity index (χ4n) is 7.69. The predicted octanol–water partition coefficient (Wildman–Crippen LogP) is 4.81. The lowest BCUT2D eigenvalue weighted by atomic mass is 9.50. The highest BCUT2D eigenvalue weighted by molar-refractivity contribution is 5.44. The third kappa shape index (κ3) is 4.11. The van der Waals surface area contributed by atoms with Crippen LogP contribution in [0.1, 0.15) is 70.8 Å². The van der Waals surface area contributed by atoms with Crippen LogP contribution in [0, 0.1) is 28.6 Å². The number of fused-ring (bicyclic) bond motifs is 2. The summed E-state index contributed by atoms with van der Waals surface area (Å²) in [5, 5.41) is 24.9. The monoisotopic (exact) mass is 455 g/mol. The molecule has 0 saturated heterocycles. The molecule has 3 aliphatic carbocycles. The van der Waals surface area contributed by atoms with Crippen LogP contribution in [-0.4, -0.2) is 35.8 Å². The van der Waals surface area contributed by atoms with E-state index >= 15 is 0 Å². The van der Waals surface area contributed by atoms with Gasteiger partial charge in [-0.3, -0.25) is 0 Å². The normalized spacial score (nSPS) is 40.1. The van der Waals surface area contributed by atoms with Crippen molar-refractivity contribution < 1.29 is 19.7 Å². The van der Waals surface area contributed by atoms with Gasteiger partial charge in [0.15, 0.2) is 11.5 Å². The molecule has 7 atom stereocenters. The van der Waals surface area contributed by atoms with Gasteiger partial charge in [0.25, 0.3) is 0 Å². The summed E-state index contributed by atoms with van der Waals surface area (Å²) in [6.45, 7) is 11.3. The second-order valence-electron chi connectivity index (χ2n) is 11.6. The van der Waals surface area contributed by atoms with Crippen LogP contribution in [0.3, 0.4) is 0 Å². The molecular weight excluding hydrogens is 414 g/mol. The molecule has 0 radical (unpaired) electrons. The summed E-state index contributed by atoms with van der Waals surface area (Å²) in [4.78, 5) is 0. The molecule has 0 bridgehead atoms. The van der Waals surface area contributed by atoms with Crippen LogP contribution < -0.4 is 14.8 Å². The summed E-state index contributed by atoms with van der Waals surface area (Å²) in [6, 6.07) is 6.17. The van der Waals surface area contributed by atoms with Gasteiger partial charge in [0.1, 0.15) is 0 Å². The summed E-state index contributed by atoms with van der Waals surface area (Å²) in [5.74, 6) is 3.38. The zero-order valence-corrected chi connectivity index (χ0v) is 20.3. The van der Waals surface area contributed by atoms with Crippen molar-refractivity contribution in [1.82, 2.24) is 5.32 Å². The van der Waals surface area contributed by atoms with Crippen LogP contribution in [0.25, 0.3) is 0 Å². The average Bonchev–Trinajstić information content (AvgIpc) is 3.38. The van der Waals surface area contributed by atoms with Crippen molar-refractivity contribution in [3.05, 3.63) is 35.9 Å². The lowest BCUT2D eigenvalue weighted by Crippen LogP contribution is -2.52. The lowest BCUT2D eigenvalue weighted by molar-refractivity contribution is -0.120. The number of allylic oxidation sites excluding steroid dienone is 1. The summed E-state index contributed by atoms with van der Waals surface area (Å²) in [5.41, 5.74) is 2.79.